The zero-order chi connectivity index (χ0) is 14.5. The number of halogens is 1. The van der Waals surface area contributed by atoms with E-state index in [0.717, 1.165) is 15.6 Å². The Morgan fingerprint density at radius 1 is 1.25 bits per heavy atom. The monoisotopic (exact) mass is 332 g/mol. The number of nitrogen functional groups attached to an aromatic ring is 1. The number of carbonyl (C=O) groups is 1. The van der Waals surface area contributed by atoms with Crippen LogP contribution in [-0.2, 0) is 11.2 Å². The summed E-state index contributed by atoms with van der Waals surface area (Å²) < 4.78 is 1.00. The van der Waals surface area contributed by atoms with Crippen molar-refractivity contribution >= 4 is 27.5 Å². The molecule has 1 atom stereocenters. The number of benzene rings is 2. The molecule has 0 spiro atoms. The highest BCUT2D eigenvalue weighted by molar-refractivity contribution is 9.10. The molecule has 0 radical (unpaired) electrons. The Morgan fingerprint density at radius 3 is 2.70 bits per heavy atom. The number of rotatable bonds is 4. The van der Waals surface area contributed by atoms with Crippen LogP contribution >= 0.6 is 15.9 Å². The first-order chi connectivity index (χ1) is 9.56. The van der Waals surface area contributed by atoms with Crippen LogP contribution in [-0.4, -0.2) is 5.91 Å². The Bertz CT molecular complexity index is 613. The average Bonchev–Trinajstić information content (AvgIpc) is 2.41. The van der Waals surface area contributed by atoms with Crippen molar-refractivity contribution in [3.63, 3.8) is 0 Å². The molecule has 4 heteroatoms. The summed E-state index contributed by atoms with van der Waals surface area (Å²) in [6, 6.07) is 15.3. The second kappa shape index (κ2) is 6.57. The molecule has 0 bridgehead atoms. The van der Waals surface area contributed by atoms with Crippen LogP contribution in [0.25, 0.3) is 0 Å². The highest BCUT2D eigenvalue weighted by atomic mass is 79.9. The summed E-state index contributed by atoms with van der Waals surface area (Å²) in [6.45, 7) is 1.97. The van der Waals surface area contributed by atoms with E-state index in [0.29, 0.717) is 12.1 Å². The topological polar surface area (TPSA) is 55.1 Å². The van der Waals surface area contributed by atoms with Gasteiger partial charge in [0, 0.05) is 10.2 Å². The predicted molar refractivity (Wildman–Crippen MR) is 85.3 cm³/mol. The van der Waals surface area contributed by atoms with Crippen molar-refractivity contribution < 1.29 is 4.79 Å². The van der Waals surface area contributed by atoms with E-state index in [2.05, 4.69) is 21.2 Å². The quantitative estimate of drug-likeness (QED) is 0.842. The predicted octanol–water partition coefficient (Wildman–Crippen LogP) is 3.45. The normalized spacial score (nSPS) is 11.9. The van der Waals surface area contributed by atoms with Crippen LogP contribution in [0, 0.1) is 0 Å². The molecule has 1 amide bonds. The molecular formula is C16H17BrN2O. The molecule has 0 aliphatic heterocycles. The summed E-state index contributed by atoms with van der Waals surface area (Å²) in [5.74, 6) is -0.0321. The van der Waals surface area contributed by atoms with Crippen LogP contribution in [0.15, 0.2) is 53.0 Å². The van der Waals surface area contributed by atoms with E-state index in [1.807, 2.05) is 49.4 Å². The Kier molecular flexibility index (Phi) is 4.79. The molecule has 1 unspecified atom stereocenters. The zero-order valence-corrected chi connectivity index (χ0v) is 12.9. The fraction of sp³-hybridized carbons (Fsp3) is 0.188. The van der Waals surface area contributed by atoms with Gasteiger partial charge in [-0.25, -0.2) is 0 Å². The molecular weight excluding hydrogens is 316 g/mol. The first-order valence-corrected chi connectivity index (χ1v) is 7.24. The number of hydrogen-bond donors (Lipinski definition) is 2. The molecule has 0 saturated heterocycles. The fourth-order valence-electron chi connectivity index (χ4n) is 2.02. The van der Waals surface area contributed by atoms with Crippen molar-refractivity contribution in [2.24, 2.45) is 0 Å². The lowest BCUT2D eigenvalue weighted by Gasteiger charge is -2.15. The molecule has 3 nitrogen and oxygen atoms in total. The van der Waals surface area contributed by atoms with Gasteiger partial charge in [-0.3, -0.25) is 4.79 Å². The summed E-state index contributed by atoms with van der Waals surface area (Å²) >= 11 is 3.43. The van der Waals surface area contributed by atoms with Gasteiger partial charge in [0.2, 0.25) is 5.91 Å². The van der Waals surface area contributed by atoms with Gasteiger partial charge in [-0.05, 0) is 36.2 Å². The molecule has 0 heterocycles. The van der Waals surface area contributed by atoms with Crippen LogP contribution in [0.4, 0.5) is 5.69 Å². The van der Waals surface area contributed by atoms with Gasteiger partial charge >= 0.3 is 0 Å². The van der Waals surface area contributed by atoms with Gasteiger partial charge in [-0.1, -0.05) is 46.3 Å². The third kappa shape index (κ3) is 3.84. The lowest BCUT2D eigenvalue weighted by Crippen LogP contribution is -2.28. The van der Waals surface area contributed by atoms with Crippen molar-refractivity contribution in [3.8, 4) is 0 Å². The number of para-hydroxylation sites is 1. The molecule has 0 aliphatic carbocycles. The molecule has 104 valence electrons. The van der Waals surface area contributed by atoms with E-state index >= 15 is 0 Å². The number of anilines is 1. The number of amides is 1. The standard InChI is InChI=1S/C16H17BrN2O/c1-11(12-6-4-7-14(17)9-12)19-16(20)10-13-5-2-3-8-15(13)18/h2-9,11H,10,18H2,1H3,(H,19,20). The molecule has 2 aromatic carbocycles. The lowest BCUT2D eigenvalue weighted by atomic mass is 10.1. The Labute approximate surface area is 127 Å². The number of hydrogen-bond acceptors (Lipinski definition) is 2. The molecule has 0 fully saturated rings. The second-order valence-electron chi connectivity index (χ2n) is 4.72. The zero-order valence-electron chi connectivity index (χ0n) is 11.3. The van der Waals surface area contributed by atoms with E-state index in [1.165, 1.54) is 0 Å². The Hall–Kier alpha value is -1.81. The maximum Gasteiger partial charge on any atom is 0.224 e. The minimum absolute atomic E-state index is 0.0321. The number of nitrogens with one attached hydrogen (secondary N) is 1. The largest absolute Gasteiger partial charge is 0.398 e. The van der Waals surface area contributed by atoms with Crippen LogP contribution in [0.1, 0.15) is 24.1 Å². The maximum absolute atomic E-state index is 12.1. The third-order valence-electron chi connectivity index (χ3n) is 3.13. The van der Waals surface area contributed by atoms with Crippen LogP contribution in [0.2, 0.25) is 0 Å². The van der Waals surface area contributed by atoms with Crippen LogP contribution < -0.4 is 11.1 Å². The van der Waals surface area contributed by atoms with E-state index in [9.17, 15) is 4.79 Å². The molecule has 0 aliphatic rings. The van der Waals surface area contributed by atoms with Crippen molar-refractivity contribution in [2.45, 2.75) is 19.4 Å². The summed E-state index contributed by atoms with van der Waals surface area (Å²) in [5, 5.41) is 2.98. The Morgan fingerprint density at radius 2 is 2.00 bits per heavy atom. The molecule has 2 aromatic rings. The van der Waals surface area contributed by atoms with E-state index in [1.54, 1.807) is 6.07 Å². The summed E-state index contributed by atoms with van der Waals surface area (Å²) in [6.07, 6.45) is 0.297. The van der Waals surface area contributed by atoms with Gasteiger partial charge in [-0.2, -0.15) is 0 Å². The van der Waals surface area contributed by atoms with Crippen molar-refractivity contribution in [1.29, 1.82) is 0 Å². The Balaban J connectivity index is 2.00. The minimum Gasteiger partial charge on any atom is -0.398 e. The average molecular weight is 333 g/mol. The minimum atomic E-state index is -0.0371. The molecule has 20 heavy (non-hydrogen) atoms. The van der Waals surface area contributed by atoms with Crippen LogP contribution in [0.5, 0.6) is 0 Å². The summed E-state index contributed by atoms with van der Waals surface area (Å²) in [5.41, 5.74) is 8.41. The van der Waals surface area contributed by atoms with Gasteiger partial charge in [0.15, 0.2) is 0 Å². The number of carbonyl (C=O) groups excluding carboxylic acids is 1. The first-order valence-electron chi connectivity index (χ1n) is 6.44. The van der Waals surface area contributed by atoms with Gasteiger partial charge in [0.25, 0.3) is 0 Å². The second-order valence-corrected chi connectivity index (χ2v) is 5.64. The molecule has 3 N–H and O–H groups in total. The number of nitrogens with two attached hydrogens (primary N) is 1. The van der Waals surface area contributed by atoms with E-state index in [4.69, 9.17) is 5.73 Å². The lowest BCUT2D eigenvalue weighted by molar-refractivity contribution is -0.121. The highest BCUT2D eigenvalue weighted by Gasteiger charge is 2.11. The van der Waals surface area contributed by atoms with Crippen molar-refractivity contribution in [3.05, 3.63) is 64.1 Å². The molecule has 0 aromatic heterocycles. The van der Waals surface area contributed by atoms with E-state index < -0.39 is 0 Å². The first kappa shape index (κ1) is 14.6. The van der Waals surface area contributed by atoms with Gasteiger partial charge < -0.3 is 11.1 Å². The smallest absolute Gasteiger partial charge is 0.224 e. The SMILES string of the molecule is CC(NC(=O)Cc1ccccc1N)c1cccc(Br)c1. The van der Waals surface area contributed by atoms with Gasteiger partial charge in [-0.15, -0.1) is 0 Å². The fourth-order valence-corrected chi connectivity index (χ4v) is 2.44. The summed E-state index contributed by atoms with van der Waals surface area (Å²) in [4.78, 5) is 12.1. The van der Waals surface area contributed by atoms with E-state index in [-0.39, 0.29) is 11.9 Å². The van der Waals surface area contributed by atoms with Gasteiger partial charge in [0.1, 0.15) is 0 Å². The van der Waals surface area contributed by atoms with Crippen molar-refractivity contribution in [2.75, 3.05) is 5.73 Å². The van der Waals surface area contributed by atoms with Gasteiger partial charge in [0.05, 0.1) is 12.5 Å². The molecule has 2 rings (SSSR count). The van der Waals surface area contributed by atoms with Crippen LogP contribution in [0.3, 0.4) is 0 Å². The molecule has 0 saturated carbocycles. The third-order valence-corrected chi connectivity index (χ3v) is 3.63. The van der Waals surface area contributed by atoms with Crippen molar-refractivity contribution in [1.82, 2.24) is 5.32 Å². The highest BCUT2D eigenvalue weighted by Crippen LogP contribution is 2.18. The maximum atomic E-state index is 12.1. The summed E-state index contributed by atoms with van der Waals surface area (Å²) in [7, 11) is 0.